The van der Waals surface area contributed by atoms with Gasteiger partial charge in [0.1, 0.15) is 5.82 Å². The first-order chi connectivity index (χ1) is 8.81. The molecule has 0 unspecified atom stereocenters. The fraction of sp³-hybridized carbons (Fsp3) is 0.333. The molecule has 0 aliphatic heterocycles. The number of para-hydroxylation sites is 1. The summed E-state index contributed by atoms with van der Waals surface area (Å²) in [6.07, 6.45) is 4.29. The van der Waals surface area contributed by atoms with E-state index in [1.54, 1.807) is 0 Å². The third kappa shape index (κ3) is 2.35. The number of aromatic nitrogens is 1. The second-order valence-electron chi connectivity index (χ2n) is 4.94. The van der Waals surface area contributed by atoms with Gasteiger partial charge in [-0.05, 0) is 37.0 Å². The van der Waals surface area contributed by atoms with E-state index in [2.05, 4.69) is 10.3 Å². The van der Waals surface area contributed by atoms with Gasteiger partial charge in [-0.2, -0.15) is 0 Å². The van der Waals surface area contributed by atoms with Crippen LogP contribution < -0.4 is 5.32 Å². The fourth-order valence-electron chi connectivity index (χ4n) is 2.29. The molecule has 1 aromatic heterocycles. The van der Waals surface area contributed by atoms with Gasteiger partial charge in [-0.15, -0.1) is 0 Å². The summed E-state index contributed by atoms with van der Waals surface area (Å²) in [6, 6.07) is 11.8. The highest BCUT2D eigenvalue weighted by Crippen LogP contribution is 2.29. The third-order valence-electron chi connectivity index (χ3n) is 3.56. The average molecular weight is 240 g/mol. The first-order valence-corrected chi connectivity index (χ1v) is 6.47. The van der Waals surface area contributed by atoms with E-state index in [0.717, 1.165) is 10.9 Å². The van der Waals surface area contributed by atoms with Crippen LogP contribution in [0.4, 0.5) is 5.82 Å². The fourth-order valence-corrected chi connectivity index (χ4v) is 2.29. The van der Waals surface area contributed by atoms with Crippen molar-refractivity contribution in [3.05, 3.63) is 36.4 Å². The Kier molecular flexibility index (Phi) is 2.97. The van der Waals surface area contributed by atoms with Gasteiger partial charge in [0, 0.05) is 11.8 Å². The number of anilines is 1. The second-order valence-corrected chi connectivity index (χ2v) is 4.94. The number of benzene rings is 1. The monoisotopic (exact) mass is 240 g/mol. The number of nitrogens with zero attached hydrogens (tertiary/aromatic N) is 1. The van der Waals surface area contributed by atoms with Gasteiger partial charge in [-0.1, -0.05) is 24.6 Å². The van der Waals surface area contributed by atoms with Crippen LogP contribution in [0, 0.1) is 5.92 Å². The van der Waals surface area contributed by atoms with Crippen molar-refractivity contribution in [1.29, 1.82) is 0 Å². The maximum Gasteiger partial charge on any atom is 0.225 e. The number of hydrogen-bond acceptors (Lipinski definition) is 2. The van der Waals surface area contributed by atoms with Crippen LogP contribution in [-0.2, 0) is 4.79 Å². The van der Waals surface area contributed by atoms with E-state index in [-0.39, 0.29) is 5.91 Å². The van der Waals surface area contributed by atoms with Crippen LogP contribution in [0.1, 0.15) is 25.7 Å². The number of amides is 1. The minimum Gasteiger partial charge on any atom is -0.311 e. The number of carbonyl (C=O) groups is 1. The summed E-state index contributed by atoms with van der Waals surface area (Å²) in [5, 5.41) is 3.98. The molecule has 1 aromatic carbocycles. The van der Waals surface area contributed by atoms with Gasteiger partial charge < -0.3 is 5.32 Å². The van der Waals surface area contributed by atoms with Crippen molar-refractivity contribution in [2.75, 3.05) is 5.32 Å². The molecule has 18 heavy (non-hydrogen) atoms. The zero-order chi connectivity index (χ0) is 12.4. The van der Waals surface area contributed by atoms with Crippen LogP contribution in [0.2, 0.25) is 0 Å². The molecule has 1 heterocycles. The molecule has 0 spiro atoms. The molecule has 1 saturated carbocycles. The summed E-state index contributed by atoms with van der Waals surface area (Å²) in [7, 11) is 0. The van der Waals surface area contributed by atoms with Gasteiger partial charge in [0.25, 0.3) is 0 Å². The van der Waals surface area contributed by atoms with Gasteiger partial charge >= 0.3 is 0 Å². The van der Waals surface area contributed by atoms with E-state index in [0.29, 0.717) is 18.2 Å². The Bertz CT molecular complexity index is 575. The molecule has 1 aliphatic carbocycles. The maximum absolute atomic E-state index is 11.8. The predicted molar refractivity (Wildman–Crippen MR) is 72.3 cm³/mol. The standard InChI is InChI=1S/C15H16N2O/c18-15(10-11-4-3-5-11)17-14-9-8-12-6-1-2-7-13(12)16-14/h1-2,6-9,11H,3-5,10H2,(H,16,17,18). The first kappa shape index (κ1) is 11.2. The number of rotatable bonds is 3. The minimum atomic E-state index is 0.0856. The quantitative estimate of drug-likeness (QED) is 0.893. The highest BCUT2D eigenvalue weighted by Gasteiger charge is 2.20. The topological polar surface area (TPSA) is 42.0 Å². The Labute approximate surface area is 106 Å². The molecule has 92 valence electrons. The Morgan fingerprint density at radius 2 is 2.06 bits per heavy atom. The zero-order valence-corrected chi connectivity index (χ0v) is 10.2. The van der Waals surface area contributed by atoms with Gasteiger partial charge in [0.05, 0.1) is 5.52 Å². The highest BCUT2D eigenvalue weighted by molar-refractivity contribution is 5.91. The van der Waals surface area contributed by atoms with Crippen molar-refractivity contribution in [3.8, 4) is 0 Å². The SMILES string of the molecule is O=C(CC1CCC1)Nc1ccc2ccccc2n1. The summed E-state index contributed by atoms with van der Waals surface area (Å²) in [4.78, 5) is 16.2. The lowest BCUT2D eigenvalue weighted by molar-refractivity contribution is -0.117. The molecule has 1 fully saturated rings. The Morgan fingerprint density at radius 1 is 1.22 bits per heavy atom. The molecule has 1 amide bonds. The van der Waals surface area contributed by atoms with E-state index in [9.17, 15) is 4.79 Å². The number of hydrogen-bond donors (Lipinski definition) is 1. The normalized spacial score (nSPS) is 15.3. The van der Waals surface area contributed by atoms with E-state index in [1.165, 1.54) is 19.3 Å². The van der Waals surface area contributed by atoms with Crippen molar-refractivity contribution in [2.24, 2.45) is 5.92 Å². The van der Waals surface area contributed by atoms with Crippen LogP contribution >= 0.6 is 0 Å². The second kappa shape index (κ2) is 4.77. The largest absolute Gasteiger partial charge is 0.311 e. The molecule has 3 nitrogen and oxygen atoms in total. The molecule has 1 aliphatic rings. The minimum absolute atomic E-state index is 0.0856. The molecule has 2 aromatic rings. The summed E-state index contributed by atoms with van der Waals surface area (Å²) in [5.74, 6) is 1.32. The number of pyridine rings is 1. The molecule has 0 atom stereocenters. The van der Waals surface area contributed by atoms with Crippen molar-refractivity contribution >= 4 is 22.6 Å². The molecule has 3 rings (SSSR count). The van der Waals surface area contributed by atoms with Gasteiger partial charge in [-0.3, -0.25) is 4.79 Å². The van der Waals surface area contributed by atoms with Crippen LogP contribution in [-0.4, -0.2) is 10.9 Å². The maximum atomic E-state index is 11.8. The molecular weight excluding hydrogens is 224 g/mol. The summed E-state index contributed by atoms with van der Waals surface area (Å²) < 4.78 is 0. The summed E-state index contributed by atoms with van der Waals surface area (Å²) in [6.45, 7) is 0. The average Bonchev–Trinajstić information content (AvgIpc) is 2.34. The number of nitrogens with one attached hydrogen (secondary N) is 1. The van der Waals surface area contributed by atoms with E-state index in [4.69, 9.17) is 0 Å². The first-order valence-electron chi connectivity index (χ1n) is 6.47. The Balaban J connectivity index is 1.71. The van der Waals surface area contributed by atoms with Crippen LogP contribution in [0.3, 0.4) is 0 Å². The molecule has 3 heteroatoms. The number of carbonyl (C=O) groups excluding carboxylic acids is 1. The molecule has 0 radical (unpaired) electrons. The molecular formula is C15H16N2O. The predicted octanol–water partition coefficient (Wildman–Crippen LogP) is 3.36. The van der Waals surface area contributed by atoms with Crippen LogP contribution in [0.25, 0.3) is 10.9 Å². The van der Waals surface area contributed by atoms with Crippen LogP contribution in [0.5, 0.6) is 0 Å². The van der Waals surface area contributed by atoms with Crippen molar-refractivity contribution < 1.29 is 4.79 Å². The van der Waals surface area contributed by atoms with Gasteiger partial charge in [0.15, 0.2) is 0 Å². The van der Waals surface area contributed by atoms with Crippen molar-refractivity contribution in [3.63, 3.8) is 0 Å². The van der Waals surface area contributed by atoms with Crippen LogP contribution in [0.15, 0.2) is 36.4 Å². The van der Waals surface area contributed by atoms with Gasteiger partial charge in [-0.25, -0.2) is 4.98 Å². The molecule has 0 bridgehead atoms. The Morgan fingerprint density at radius 3 is 2.83 bits per heavy atom. The third-order valence-corrected chi connectivity index (χ3v) is 3.56. The summed E-state index contributed by atoms with van der Waals surface area (Å²) in [5.41, 5.74) is 0.916. The van der Waals surface area contributed by atoms with Crippen molar-refractivity contribution in [1.82, 2.24) is 4.98 Å². The highest BCUT2D eigenvalue weighted by atomic mass is 16.1. The summed E-state index contributed by atoms with van der Waals surface area (Å²) >= 11 is 0. The number of fused-ring (bicyclic) bond motifs is 1. The molecule has 0 saturated heterocycles. The molecule has 1 N–H and O–H groups in total. The van der Waals surface area contributed by atoms with E-state index in [1.807, 2.05) is 36.4 Å². The van der Waals surface area contributed by atoms with E-state index >= 15 is 0 Å². The lowest BCUT2D eigenvalue weighted by atomic mass is 9.83. The smallest absolute Gasteiger partial charge is 0.225 e. The lowest BCUT2D eigenvalue weighted by Gasteiger charge is -2.24. The zero-order valence-electron chi connectivity index (χ0n) is 10.2. The van der Waals surface area contributed by atoms with Gasteiger partial charge in [0.2, 0.25) is 5.91 Å². The Hall–Kier alpha value is -1.90. The lowest BCUT2D eigenvalue weighted by Crippen LogP contribution is -2.21. The van der Waals surface area contributed by atoms with E-state index < -0.39 is 0 Å². The van der Waals surface area contributed by atoms with Crippen molar-refractivity contribution in [2.45, 2.75) is 25.7 Å².